The van der Waals surface area contributed by atoms with Crippen molar-refractivity contribution in [1.29, 1.82) is 0 Å². The first-order valence-corrected chi connectivity index (χ1v) is 10.9. The smallest absolute Gasteiger partial charge is 0.345 e. The molecule has 1 N–H and O–H groups in total. The van der Waals surface area contributed by atoms with E-state index < -0.39 is 6.10 Å². The van der Waals surface area contributed by atoms with E-state index >= 15 is 0 Å². The van der Waals surface area contributed by atoms with Crippen molar-refractivity contribution in [1.82, 2.24) is 19.7 Å². The molecule has 1 amide bonds. The molecule has 0 radical (unpaired) electrons. The molecule has 3 aromatic rings. The molecule has 0 fully saturated rings. The lowest BCUT2D eigenvalue weighted by atomic mass is 10.1. The van der Waals surface area contributed by atoms with Gasteiger partial charge in [0.15, 0.2) is 6.10 Å². The van der Waals surface area contributed by atoms with Crippen LogP contribution >= 0.6 is 0 Å². The van der Waals surface area contributed by atoms with Crippen LogP contribution in [0.2, 0.25) is 0 Å². The zero-order valence-electron chi connectivity index (χ0n) is 17.8. The van der Waals surface area contributed by atoms with Gasteiger partial charge in [0.25, 0.3) is 5.91 Å². The Morgan fingerprint density at radius 1 is 1.10 bits per heavy atom. The topological polar surface area (TPSA) is 78.2 Å². The third-order valence-electron chi connectivity index (χ3n) is 5.52. The van der Waals surface area contributed by atoms with Gasteiger partial charge in [0, 0.05) is 26.1 Å². The van der Waals surface area contributed by atoms with Gasteiger partial charge in [-0.2, -0.15) is 5.10 Å². The van der Waals surface area contributed by atoms with Gasteiger partial charge in [0.1, 0.15) is 11.6 Å². The van der Waals surface area contributed by atoms with Crippen molar-refractivity contribution in [2.24, 2.45) is 0 Å². The van der Waals surface area contributed by atoms with E-state index in [0.717, 1.165) is 42.8 Å². The Balaban J connectivity index is 1.23. The van der Waals surface area contributed by atoms with E-state index in [0.29, 0.717) is 25.3 Å². The molecule has 1 aromatic heterocycles. The van der Waals surface area contributed by atoms with Crippen LogP contribution in [0.15, 0.2) is 59.4 Å². The number of aromatic nitrogens is 3. The number of carbonyl (C=O) groups is 1. The van der Waals surface area contributed by atoms with Gasteiger partial charge in [-0.25, -0.2) is 9.48 Å². The van der Waals surface area contributed by atoms with Crippen LogP contribution in [0, 0.1) is 0 Å². The van der Waals surface area contributed by atoms with Gasteiger partial charge >= 0.3 is 5.69 Å². The molecule has 1 aliphatic heterocycles. The quantitative estimate of drug-likeness (QED) is 0.568. The second kappa shape index (κ2) is 9.64. The minimum absolute atomic E-state index is 0.0447. The summed E-state index contributed by atoms with van der Waals surface area (Å²) in [5, 5.41) is 7.29. The van der Waals surface area contributed by atoms with Crippen molar-refractivity contribution in [3.63, 3.8) is 0 Å². The molecule has 0 bridgehead atoms. The highest BCUT2D eigenvalue weighted by molar-refractivity contribution is 5.80. The van der Waals surface area contributed by atoms with Crippen molar-refractivity contribution >= 4 is 5.91 Å². The SMILES string of the molecule is CC(Oc1ccc(-c2ccccc2)cc1)C(=O)NCCCn1nc2n(c1=O)CCCC2. The first-order chi connectivity index (χ1) is 15.1. The van der Waals surface area contributed by atoms with Gasteiger partial charge < -0.3 is 10.1 Å². The zero-order chi connectivity index (χ0) is 21.6. The number of nitrogens with one attached hydrogen (secondary N) is 1. The Hall–Kier alpha value is -3.35. The van der Waals surface area contributed by atoms with Crippen molar-refractivity contribution in [3.8, 4) is 16.9 Å². The van der Waals surface area contributed by atoms with Crippen molar-refractivity contribution in [2.45, 2.75) is 51.8 Å². The van der Waals surface area contributed by atoms with E-state index in [1.54, 1.807) is 11.5 Å². The van der Waals surface area contributed by atoms with E-state index in [1.165, 1.54) is 4.68 Å². The molecule has 4 rings (SSSR count). The number of hydrogen-bond acceptors (Lipinski definition) is 4. The Morgan fingerprint density at radius 3 is 2.58 bits per heavy atom. The number of hydrogen-bond donors (Lipinski definition) is 1. The van der Waals surface area contributed by atoms with Gasteiger partial charge in [-0.05, 0) is 49.4 Å². The number of rotatable bonds is 8. The summed E-state index contributed by atoms with van der Waals surface area (Å²) >= 11 is 0. The minimum atomic E-state index is -0.606. The first kappa shape index (κ1) is 20.9. The number of amides is 1. The number of benzene rings is 2. The molecule has 31 heavy (non-hydrogen) atoms. The van der Waals surface area contributed by atoms with Crippen LogP contribution in [0.4, 0.5) is 0 Å². The average Bonchev–Trinajstić information content (AvgIpc) is 3.13. The summed E-state index contributed by atoms with van der Waals surface area (Å²) in [6.45, 7) is 3.45. The standard InChI is InChI=1S/C24H28N4O3/c1-18(31-21-13-11-20(12-14-21)19-8-3-2-4-9-19)23(29)25-15-7-17-28-24(30)27-16-6-5-10-22(27)26-28/h2-4,8-9,11-14,18H,5-7,10,15-17H2,1H3,(H,25,29). The van der Waals surface area contributed by atoms with Crippen LogP contribution in [0.5, 0.6) is 5.75 Å². The minimum Gasteiger partial charge on any atom is -0.481 e. The maximum atomic E-state index is 12.3. The molecule has 0 aliphatic carbocycles. The lowest BCUT2D eigenvalue weighted by Crippen LogP contribution is -2.37. The summed E-state index contributed by atoms with van der Waals surface area (Å²) < 4.78 is 9.05. The van der Waals surface area contributed by atoms with Crippen molar-refractivity contribution in [3.05, 3.63) is 70.9 Å². The van der Waals surface area contributed by atoms with Crippen LogP contribution < -0.4 is 15.7 Å². The predicted molar refractivity (Wildman–Crippen MR) is 119 cm³/mol. The fourth-order valence-corrected chi connectivity index (χ4v) is 3.79. The molecule has 2 aromatic carbocycles. The van der Waals surface area contributed by atoms with Gasteiger partial charge in [-0.15, -0.1) is 0 Å². The number of fused-ring (bicyclic) bond motifs is 1. The largest absolute Gasteiger partial charge is 0.481 e. The second-order valence-corrected chi connectivity index (χ2v) is 7.83. The highest BCUT2D eigenvalue weighted by Gasteiger charge is 2.17. The monoisotopic (exact) mass is 420 g/mol. The van der Waals surface area contributed by atoms with Crippen LogP contribution in [0.25, 0.3) is 11.1 Å². The first-order valence-electron chi connectivity index (χ1n) is 10.9. The van der Waals surface area contributed by atoms with E-state index in [9.17, 15) is 9.59 Å². The molecule has 0 spiro atoms. The summed E-state index contributed by atoms with van der Waals surface area (Å²) in [7, 11) is 0. The molecule has 7 nitrogen and oxygen atoms in total. The molecule has 1 unspecified atom stereocenters. The van der Waals surface area contributed by atoms with Crippen molar-refractivity contribution < 1.29 is 9.53 Å². The molecule has 7 heteroatoms. The fraction of sp³-hybridized carbons (Fsp3) is 0.375. The molecule has 162 valence electrons. The maximum Gasteiger partial charge on any atom is 0.345 e. The highest BCUT2D eigenvalue weighted by Crippen LogP contribution is 2.22. The van der Waals surface area contributed by atoms with Crippen LogP contribution in [0.3, 0.4) is 0 Å². The summed E-state index contributed by atoms with van der Waals surface area (Å²) in [5.41, 5.74) is 2.19. The summed E-state index contributed by atoms with van der Waals surface area (Å²) in [5.74, 6) is 1.35. The Kier molecular flexibility index (Phi) is 6.50. The van der Waals surface area contributed by atoms with Gasteiger partial charge in [0.2, 0.25) is 0 Å². The maximum absolute atomic E-state index is 12.3. The third kappa shape index (κ3) is 5.05. The summed E-state index contributed by atoms with van der Waals surface area (Å²) in [6, 6.07) is 17.8. The number of aryl methyl sites for hydroxylation is 2. The fourth-order valence-electron chi connectivity index (χ4n) is 3.79. The van der Waals surface area contributed by atoms with E-state index in [-0.39, 0.29) is 11.6 Å². The molecule has 0 saturated carbocycles. The summed E-state index contributed by atoms with van der Waals surface area (Å²) in [4.78, 5) is 24.7. The van der Waals surface area contributed by atoms with Crippen LogP contribution in [-0.4, -0.2) is 32.9 Å². The lowest BCUT2D eigenvalue weighted by Gasteiger charge is -2.15. The van der Waals surface area contributed by atoms with Gasteiger partial charge in [0.05, 0.1) is 0 Å². The molecule has 1 atom stereocenters. The third-order valence-corrected chi connectivity index (χ3v) is 5.52. The summed E-state index contributed by atoms with van der Waals surface area (Å²) in [6.07, 6.45) is 3.01. The Morgan fingerprint density at radius 2 is 1.84 bits per heavy atom. The van der Waals surface area contributed by atoms with E-state index in [4.69, 9.17) is 4.74 Å². The normalized spacial score (nSPS) is 14.0. The molecule has 2 heterocycles. The average molecular weight is 421 g/mol. The second-order valence-electron chi connectivity index (χ2n) is 7.83. The number of nitrogens with zero attached hydrogens (tertiary/aromatic N) is 3. The predicted octanol–water partition coefficient (Wildman–Crippen LogP) is 3.02. The van der Waals surface area contributed by atoms with E-state index in [2.05, 4.69) is 22.5 Å². The van der Waals surface area contributed by atoms with Crippen LogP contribution in [0.1, 0.15) is 32.0 Å². The van der Waals surface area contributed by atoms with E-state index in [1.807, 2.05) is 42.5 Å². The molecule has 0 saturated heterocycles. The Labute approximate surface area is 181 Å². The lowest BCUT2D eigenvalue weighted by molar-refractivity contribution is -0.127. The van der Waals surface area contributed by atoms with Gasteiger partial charge in [-0.1, -0.05) is 42.5 Å². The van der Waals surface area contributed by atoms with Gasteiger partial charge in [-0.3, -0.25) is 9.36 Å². The van der Waals surface area contributed by atoms with Crippen molar-refractivity contribution in [2.75, 3.05) is 6.54 Å². The number of carbonyl (C=O) groups excluding carboxylic acids is 1. The molecular formula is C24H28N4O3. The Bertz CT molecular complexity index is 1070. The highest BCUT2D eigenvalue weighted by atomic mass is 16.5. The molecule has 1 aliphatic rings. The van der Waals surface area contributed by atoms with Crippen LogP contribution in [-0.2, 0) is 24.3 Å². The number of ether oxygens (including phenoxy) is 1. The zero-order valence-corrected chi connectivity index (χ0v) is 17.8. The molecular weight excluding hydrogens is 392 g/mol.